The summed E-state index contributed by atoms with van der Waals surface area (Å²) < 4.78 is 6.47. The van der Waals surface area contributed by atoms with Crippen LogP contribution in [0.4, 0.5) is 0 Å². The van der Waals surface area contributed by atoms with Gasteiger partial charge in [-0.25, -0.2) is 0 Å². The van der Waals surface area contributed by atoms with Gasteiger partial charge in [0.25, 0.3) is 5.89 Å². The van der Waals surface area contributed by atoms with Crippen LogP contribution < -0.4 is 5.73 Å². The molecule has 0 amide bonds. The summed E-state index contributed by atoms with van der Waals surface area (Å²) in [5, 5.41) is 4.16. The van der Waals surface area contributed by atoms with Gasteiger partial charge in [0.05, 0.1) is 5.54 Å². The second kappa shape index (κ2) is 5.54. The number of benzene rings is 1. The molecule has 2 N–H and O–H groups in total. The van der Waals surface area contributed by atoms with E-state index in [2.05, 4.69) is 33.0 Å². The Morgan fingerprint density at radius 2 is 2.05 bits per heavy atom. The third-order valence-corrected chi connectivity index (χ3v) is 4.96. The lowest BCUT2D eigenvalue weighted by atomic mass is 9.77. The third kappa shape index (κ3) is 2.90. The molecular formula is C16H20BrN3O. The molecule has 1 aromatic heterocycles. The average Bonchev–Trinajstić information content (AvgIpc) is 2.95. The van der Waals surface area contributed by atoms with Crippen LogP contribution in [0, 0.1) is 12.8 Å². The number of halogens is 1. The van der Waals surface area contributed by atoms with E-state index < -0.39 is 5.54 Å². The van der Waals surface area contributed by atoms with Crippen LogP contribution >= 0.6 is 15.9 Å². The molecule has 0 spiro atoms. The lowest BCUT2D eigenvalue weighted by Gasteiger charge is -2.33. The highest BCUT2D eigenvalue weighted by Crippen LogP contribution is 2.37. The molecule has 21 heavy (non-hydrogen) atoms. The van der Waals surface area contributed by atoms with E-state index >= 15 is 0 Å². The molecule has 0 saturated heterocycles. The van der Waals surface area contributed by atoms with E-state index in [1.54, 1.807) is 0 Å². The molecule has 112 valence electrons. The van der Waals surface area contributed by atoms with E-state index in [1.807, 2.05) is 25.1 Å². The fourth-order valence-corrected chi connectivity index (χ4v) is 3.22. The summed E-state index contributed by atoms with van der Waals surface area (Å²) in [6.45, 7) is 4.30. The first-order valence-electron chi connectivity index (χ1n) is 7.37. The molecule has 1 saturated carbocycles. The lowest BCUT2D eigenvalue weighted by molar-refractivity contribution is 0.230. The molecule has 2 aromatic rings. The number of hydrogen-bond acceptors (Lipinski definition) is 4. The van der Waals surface area contributed by atoms with Crippen molar-refractivity contribution in [2.24, 2.45) is 11.7 Å². The summed E-state index contributed by atoms with van der Waals surface area (Å²) in [7, 11) is 0. The van der Waals surface area contributed by atoms with Gasteiger partial charge in [0.2, 0.25) is 0 Å². The molecule has 5 heteroatoms. The van der Waals surface area contributed by atoms with E-state index in [4.69, 9.17) is 10.3 Å². The van der Waals surface area contributed by atoms with E-state index in [-0.39, 0.29) is 0 Å². The Morgan fingerprint density at radius 3 is 2.76 bits per heavy atom. The van der Waals surface area contributed by atoms with E-state index in [1.165, 1.54) is 0 Å². The molecule has 1 heterocycles. The SMILES string of the molecule is Cc1ccc(Br)cc1-c1nc(C2(N)CCC(C)CC2)no1. The van der Waals surface area contributed by atoms with Gasteiger partial charge in [-0.05, 0) is 56.2 Å². The summed E-state index contributed by atoms with van der Waals surface area (Å²) >= 11 is 3.48. The van der Waals surface area contributed by atoms with Crippen molar-refractivity contribution in [3.8, 4) is 11.5 Å². The summed E-state index contributed by atoms with van der Waals surface area (Å²) in [5.74, 6) is 1.93. The maximum atomic E-state index is 6.51. The predicted molar refractivity (Wildman–Crippen MR) is 85.7 cm³/mol. The van der Waals surface area contributed by atoms with Crippen molar-refractivity contribution in [2.45, 2.75) is 45.1 Å². The highest BCUT2D eigenvalue weighted by molar-refractivity contribution is 9.10. The zero-order valence-corrected chi connectivity index (χ0v) is 14.0. The van der Waals surface area contributed by atoms with Crippen molar-refractivity contribution in [3.05, 3.63) is 34.1 Å². The van der Waals surface area contributed by atoms with Gasteiger partial charge < -0.3 is 10.3 Å². The summed E-state index contributed by atoms with van der Waals surface area (Å²) in [6, 6.07) is 6.03. The van der Waals surface area contributed by atoms with Gasteiger partial charge in [0.15, 0.2) is 5.82 Å². The van der Waals surface area contributed by atoms with Gasteiger partial charge in [-0.15, -0.1) is 0 Å². The van der Waals surface area contributed by atoms with Crippen LogP contribution in [-0.2, 0) is 5.54 Å². The van der Waals surface area contributed by atoms with Crippen LogP contribution in [-0.4, -0.2) is 10.1 Å². The standard InChI is InChI=1S/C16H20BrN3O/c1-10-5-7-16(18,8-6-10)15-19-14(21-20-15)13-9-12(17)4-3-11(13)2/h3-4,9-10H,5-8,18H2,1-2H3. The van der Waals surface area contributed by atoms with Gasteiger partial charge in [-0.1, -0.05) is 34.1 Å². The molecule has 4 nitrogen and oxygen atoms in total. The van der Waals surface area contributed by atoms with Gasteiger partial charge in [0.1, 0.15) is 0 Å². The first-order valence-corrected chi connectivity index (χ1v) is 8.17. The molecule has 0 atom stereocenters. The number of rotatable bonds is 2. The smallest absolute Gasteiger partial charge is 0.258 e. The highest BCUT2D eigenvalue weighted by Gasteiger charge is 2.36. The number of hydrogen-bond donors (Lipinski definition) is 1. The Morgan fingerprint density at radius 1 is 1.33 bits per heavy atom. The van der Waals surface area contributed by atoms with Gasteiger partial charge in [-0.2, -0.15) is 4.98 Å². The van der Waals surface area contributed by atoms with Crippen molar-refractivity contribution in [2.75, 3.05) is 0 Å². The first kappa shape index (κ1) is 14.7. The highest BCUT2D eigenvalue weighted by atomic mass is 79.9. The number of aromatic nitrogens is 2. The van der Waals surface area contributed by atoms with Crippen molar-refractivity contribution >= 4 is 15.9 Å². The van der Waals surface area contributed by atoms with E-state index in [0.717, 1.165) is 47.2 Å². The third-order valence-electron chi connectivity index (χ3n) is 4.47. The van der Waals surface area contributed by atoms with Crippen LogP contribution in [0.15, 0.2) is 27.2 Å². The summed E-state index contributed by atoms with van der Waals surface area (Å²) in [6.07, 6.45) is 4.09. The molecule has 0 aliphatic heterocycles. The van der Waals surface area contributed by atoms with E-state index in [9.17, 15) is 0 Å². The first-order chi connectivity index (χ1) is 9.98. The minimum absolute atomic E-state index is 0.436. The number of nitrogens with two attached hydrogens (primary N) is 1. The lowest BCUT2D eigenvalue weighted by Crippen LogP contribution is -2.41. The molecule has 3 rings (SSSR count). The van der Waals surface area contributed by atoms with Crippen LogP contribution in [0.2, 0.25) is 0 Å². The zero-order chi connectivity index (χ0) is 15.0. The topological polar surface area (TPSA) is 64.9 Å². The fraction of sp³-hybridized carbons (Fsp3) is 0.500. The van der Waals surface area contributed by atoms with Crippen LogP contribution in [0.5, 0.6) is 0 Å². The number of nitrogens with zero attached hydrogens (tertiary/aromatic N) is 2. The average molecular weight is 350 g/mol. The molecule has 1 fully saturated rings. The Balaban J connectivity index is 1.91. The normalized spacial score (nSPS) is 26.0. The van der Waals surface area contributed by atoms with Gasteiger partial charge in [0, 0.05) is 10.0 Å². The fourth-order valence-electron chi connectivity index (χ4n) is 2.86. The maximum absolute atomic E-state index is 6.51. The van der Waals surface area contributed by atoms with E-state index in [0.29, 0.717) is 11.7 Å². The Bertz CT molecular complexity index is 645. The summed E-state index contributed by atoms with van der Waals surface area (Å²) in [5.41, 5.74) is 8.13. The van der Waals surface area contributed by atoms with Crippen molar-refractivity contribution in [3.63, 3.8) is 0 Å². The Hall–Kier alpha value is -1.20. The Kier molecular flexibility index (Phi) is 3.88. The Labute approximate surface area is 133 Å². The molecule has 0 unspecified atom stereocenters. The van der Waals surface area contributed by atoms with Gasteiger partial charge >= 0.3 is 0 Å². The molecule has 1 aliphatic carbocycles. The molecule has 1 aliphatic rings. The molecule has 0 radical (unpaired) electrons. The van der Waals surface area contributed by atoms with Crippen LogP contribution in [0.1, 0.15) is 44.0 Å². The largest absolute Gasteiger partial charge is 0.334 e. The number of aryl methyl sites for hydroxylation is 1. The maximum Gasteiger partial charge on any atom is 0.258 e. The zero-order valence-electron chi connectivity index (χ0n) is 12.4. The quantitative estimate of drug-likeness (QED) is 0.883. The van der Waals surface area contributed by atoms with Crippen molar-refractivity contribution in [1.29, 1.82) is 0 Å². The molecule has 1 aromatic carbocycles. The minimum Gasteiger partial charge on any atom is -0.334 e. The molecular weight excluding hydrogens is 330 g/mol. The monoisotopic (exact) mass is 349 g/mol. The second-order valence-corrected chi connectivity index (χ2v) is 7.14. The van der Waals surface area contributed by atoms with Gasteiger partial charge in [-0.3, -0.25) is 0 Å². The minimum atomic E-state index is -0.436. The van der Waals surface area contributed by atoms with Crippen LogP contribution in [0.25, 0.3) is 11.5 Å². The van der Waals surface area contributed by atoms with Crippen molar-refractivity contribution < 1.29 is 4.52 Å². The summed E-state index contributed by atoms with van der Waals surface area (Å²) in [4.78, 5) is 4.58. The van der Waals surface area contributed by atoms with Crippen molar-refractivity contribution in [1.82, 2.24) is 10.1 Å². The van der Waals surface area contributed by atoms with Crippen LogP contribution in [0.3, 0.4) is 0 Å². The predicted octanol–water partition coefficient (Wildman–Crippen LogP) is 4.17. The second-order valence-electron chi connectivity index (χ2n) is 6.22. The molecule has 0 bridgehead atoms.